The lowest BCUT2D eigenvalue weighted by atomic mass is 9.95. The van der Waals surface area contributed by atoms with Crippen LogP contribution in [0, 0.1) is 0 Å². The summed E-state index contributed by atoms with van der Waals surface area (Å²) in [5.74, 6) is -1.85. The van der Waals surface area contributed by atoms with Gasteiger partial charge in [-0.1, -0.05) is 0 Å². The molecule has 0 aromatic heterocycles. The minimum absolute atomic E-state index is 0.176. The molecule has 0 aromatic rings. The van der Waals surface area contributed by atoms with Gasteiger partial charge in [0.15, 0.2) is 43.7 Å². The zero-order chi connectivity index (χ0) is 45.5. The highest BCUT2D eigenvalue weighted by Gasteiger charge is 2.56. The number of hydrogen-bond acceptors (Lipinski definition) is 26. The normalized spacial score (nSPS) is 47.8. The lowest BCUT2D eigenvalue weighted by Gasteiger charge is -2.48. The third-order valence-electron chi connectivity index (χ3n) is 10.6. The number of rotatable bonds is 15. The van der Waals surface area contributed by atoms with Crippen LogP contribution in [0.3, 0.4) is 0 Å². The molecular formula is C30H53N3O26S2. The molecule has 5 saturated heterocycles. The van der Waals surface area contributed by atoms with Crippen molar-refractivity contribution in [2.24, 2.45) is 17.2 Å². The highest BCUT2D eigenvalue weighted by molar-refractivity contribution is 7.81. The lowest BCUT2D eigenvalue weighted by Crippen LogP contribution is -2.68. The number of hydrogen-bond donors (Lipinski definition) is 12. The fourth-order valence-corrected chi connectivity index (χ4v) is 8.03. The molecule has 0 bridgehead atoms. The Hall–Kier alpha value is -1.55. The summed E-state index contributed by atoms with van der Waals surface area (Å²) in [5, 5.41) is 74.4. The first kappa shape index (κ1) is 50.4. The molecule has 5 heterocycles. The lowest BCUT2D eigenvalue weighted by molar-refractivity contribution is -0.359. The molecule has 356 valence electrons. The van der Waals surface area contributed by atoms with Crippen molar-refractivity contribution < 1.29 is 122 Å². The maximum absolute atomic E-state index is 12.5. The highest BCUT2D eigenvalue weighted by Crippen LogP contribution is 2.35. The van der Waals surface area contributed by atoms with E-state index in [4.69, 9.17) is 69.1 Å². The van der Waals surface area contributed by atoms with E-state index in [9.17, 15) is 61.9 Å². The number of aliphatic hydroxyl groups excluding tert-OH is 6. The quantitative estimate of drug-likeness (QED) is 0.0679. The van der Waals surface area contributed by atoms with Crippen LogP contribution < -0.4 is 17.2 Å². The average molecular weight is 936 g/mol. The number of carboxylic acid groups (broad SMARTS) is 1. The summed E-state index contributed by atoms with van der Waals surface area (Å²) in [6, 6.07) is -3.92. The van der Waals surface area contributed by atoms with E-state index in [1.54, 1.807) is 0 Å². The third kappa shape index (κ3) is 12.0. The first-order valence-corrected chi connectivity index (χ1v) is 21.3. The summed E-state index contributed by atoms with van der Waals surface area (Å²) in [4.78, 5) is 12.5. The first-order valence-electron chi connectivity index (χ1n) is 18.5. The largest absolute Gasteiger partial charge is 0.479 e. The van der Waals surface area contributed by atoms with Crippen LogP contribution in [0.4, 0.5) is 0 Å². The van der Waals surface area contributed by atoms with E-state index >= 15 is 0 Å². The van der Waals surface area contributed by atoms with Gasteiger partial charge >= 0.3 is 26.8 Å². The minimum atomic E-state index is -5.53. The SMILES string of the molecule is CO[C@H]1OC(COS(=O)(=O)O)[C@@H](O[C@@H]2OC(C(=O)O)[C@@H](O[C@H]3OC(C)[C@@H](O[C@@H]4OC[C@@H](O[C@H]5OC(C)[C@@H](O)[C@H](O)C5N)[C@H](O)C4O)CC3N)[C@H](O)C2OS(=O)(=O)O)[C@H](O)C1N. The van der Waals surface area contributed by atoms with Crippen LogP contribution in [0.15, 0.2) is 0 Å². The van der Waals surface area contributed by atoms with Gasteiger partial charge in [-0.2, -0.15) is 16.8 Å². The summed E-state index contributed by atoms with van der Waals surface area (Å²) in [5.41, 5.74) is 18.2. The van der Waals surface area contributed by atoms with Gasteiger partial charge in [0.05, 0.1) is 49.7 Å². The molecule has 15 N–H and O–H groups in total. The predicted molar refractivity (Wildman–Crippen MR) is 188 cm³/mol. The summed E-state index contributed by atoms with van der Waals surface area (Å²) in [7, 11) is -9.56. The second kappa shape index (κ2) is 20.3. The fraction of sp³-hybridized carbons (Fsp3) is 0.967. The molecular weight excluding hydrogens is 882 g/mol. The number of aliphatic hydroxyl groups is 6. The van der Waals surface area contributed by atoms with Crippen LogP contribution in [-0.2, 0) is 81.3 Å². The van der Waals surface area contributed by atoms with Gasteiger partial charge in [0.25, 0.3) is 0 Å². The van der Waals surface area contributed by atoms with E-state index in [-0.39, 0.29) is 13.0 Å². The molecule has 5 aliphatic rings. The topological polar surface area (TPSA) is 456 Å². The van der Waals surface area contributed by atoms with Crippen LogP contribution in [0.2, 0.25) is 0 Å². The van der Waals surface area contributed by atoms with E-state index < -0.39 is 175 Å². The van der Waals surface area contributed by atoms with Crippen molar-refractivity contribution in [3.8, 4) is 0 Å². The van der Waals surface area contributed by atoms with Gasteiger partial charge < -0.3 is 100 Å². The predicted octanol–water partition coefficient (Wildman–Crippen LogP) is -7.90. The molecule has 0 aromatic carbocycles. The number of methoxy groups -OCH3 is 1. The number of carbonyl (C=O) groups is 1. The Bertz CT molecular complexity index is 1690. The minimum Gasteiger partial charge on any atom is -0.479 e. The Morgan fingerprint density at radius 3 is 1.85 bits per heavy atom. The van der Waals surface area contributed by atoms with Crippen LogP contribution in [-0.4, -0.2) is 229 Å². The Morgan fingerprint density at radius 1 is 0.639 bits per heavy atom. The number of nitrogens with two attached hydrogens (primary N) is 3. The van der Waals surface area contributed by atoms with Crippen molar-refractivity contribution in [1.82, 2.24) is 0 Å². The van der Waals surface area contributed by atoms with Gasteiger partial charge in [-0.25, -0.2) is 13.2 Å². The second-order valence-electron chi connectivity index (χ2n) is 14.9. The van der Waals surface area contributed by atoms with Crippen LogP contribution in [0.5, 0.6) is 0 Å². The van der Waals surface area contributed by atoms with Crippen molar-refractivity contribution in [2.45, 2.75) is 161 Å². The number of carboxylic acids is 1. The second-order valence-corrected chi connectivity index (χ2v) is 17.1. The average Bonchev–Trinajstić information content (AvgIpc) is 3.17. The Balaban J connectivity index is 1.26. The molecule has 0 spiro atoms. The maximum Gasteiger partial charge on any atom is 0.397 e. The van der Waals surface area contributed by atoms with Crippen LogP contribution in [0.1, 0.15) is 20.3 Å². The summed E-state index contributed by atoms with van der Waals surface area (Å²) >= 11 is 0. The molecule has 9 unspecified atom stereocenters. The molecule has 23 atom stereocenters. The number of aliphatic carboxylic acids is 1. The molecule has 29 nitrogen and oxygen atoms in total. The van der Waals surface area contributed by atoms with Gasteiger partial charge in [0.1, 0.15) is 61.0 Å². The van der Waals surface area contributed by atoms with Crippen LogP contribution >= 0.6 is 0 Å². The molecule has 31 heteroatoms. The Kier molecular flexibility index (Phi) is 16.8. The van der Waals surface area contributed by atoms with E-state index in [0.717, 1.165) is 7.11 Å². The van der Waals surface area contributed by atoms with Gasteiger partial charge in [-0.05, 0) is 20.3 Å². The molecule has 0 amide bonds. The summed E-state index contributed by atoms with van der Waals surface area (Å²) < 4.78 is 130. The van der Waals surface area contributed by atoms with Gasteiger partial charge in [0.2, 0.25) is 0 Å². The van der Waals surface area contributed by atoms with Crippen molar-refractivity contribution in [2.75, 3.05) is 20.3 Å². The van der Waals surface area contributed by atoms with Crippen LogP contribution in [0.25, 0.3) is 0 Å². The van der Waals surface area contributed by atoms with E-state index in [1.165, 1.54) is 13.8 Å². The van der Waals surface area contributed by atoms with E-state index in [2.05, 4.69) is 8.37 Å². The van der Waals surface area contributed by atoms with Crippen molar-refractivity contribution in [3.63, 3.8) is 0 Å². The molecule has 5 aliphatic heterocycles. The Labute approximate surface area is 347 Å². The van der Waals surface area contributed by atoms with Gasteiger partial charge in [-0.15, -0.1) is 0 Å². The molecule has 5 rings (SSSR count). The Morgan fingerprint density at radius 2 is 1.25 bits per heavy atom. The summed E-state index contributed by atoms with van der Waals surface area (Å²) in [6.45, 7) is 1.45. The highest BCUT2D eigenvalue weighted by atomic mass is 32.3. The molecule has 0 aliphatic carbocycles. The van der Waals surface area contributed by atoms with E-state index in [0.29, 0.717) is 0 Å². The standard InChI is InChI=1S/C30H53N3O26S2/c1-7-10(53-29-19(38)16(35)11(5-49-29)54-28-13(32)17(36)15(34)8(2)52-28)4-9(31)26(51-7)57-22-20(39)23(59-61(45,46)47)30(58-24(22)25(40)41)56-21-12(6-50-60(42,43)44)55-27(48-3)14(33)18(21)37/h7-24,26-30,34-39H,4-6,31-33H2,1-3H3,(H,40,41)(H,42,43,44)(H,45,46,47)/t7?,8?,9?,10-,11+,12?,13?,14?,15+,16-,17+,18+,19?,20-,21+,22-,23?,24?,26+,27-,28+,29-,30+/m0/s1. The maximum atomic E-state index is 12.5. The number of ether oxygens (including phenoxy) is 10. The zero-order valence-corrected chi connectivity index (χ0v) is 34.0. The van der Waals surface area contributed by atoms with Crippen molar-refractivity contribution in [3.05, 3.63) is 0 Å². The zero-order valence-electron chi connectivity index (χ0n) is 32.4. The van der Waals surface area contributed by atoms with E-state index in [1.807, 2.05) is 0 Å². The fourth-order valence-electron chi connectivity index (χ4n) is 7.24. The molecule has 0 radical (unpaired) electrons. The summed E-state index contributed by atoms with van der Waals surface area (Å²) in [6.07, 6.45) is -33.4. The van der Waals surface area contributed by atoms with Gasteiger partial charge in [0, 0.05) is 7.11 Å². The first-order chi connectivity index (χ1) is 28.3. The molecule has 0 saturated carbocycles. The monoisotopic (exact) mass is 935 g/mol. The van der Waals surface area contributed by atoms with Crippen molar-refractivity contribution in [1.29, 1.82) is 0 Å². The third-order valence-corrected chi connectivity index (χ3v) is 11.5. The van der Waals surface area contributed by atoms with Gasteiger partial charge in [-0.3, -0.25) is 9.11 Å². The smallest absolute Gasteiger partial charge is 0.397 e. The molecule has 61 heavy (non-hydrogen) atoms. The van der Waals surface area contributed by atoms with Crippen molar-refractivity contribution >= 4 is 26.8 Å². The molecule has 5 fully saturated rings.